The molecule has 0 atom stereocenters. The summed E-state index contributed by atoms with van der Waals surface area (Å²) in [6.45, 7) is -0.586. The first-order chi connectivity index (χ1) is 11.0. The fourth-order valence-electron chi connectivity index (χ4n) is 1.97. The number of pyridine rings is 1. The van der Waals surface area contributed by atoms with Gasteiger partial charge in [-0.2, -0.15) is 0 Å². The van der Waals surface area contributed by atoms with Gasteiger partial charge >= 0.3 is 6.09 Å². The zero-order valence-electron chi connectivity index (χ0n) is 12.9. The molecule has 1 aromatic rings. The van der Waals surface area contributed by atoms with Gasteiger partial charge in [0.25, 0.3) is 0 Å². The van der Waals surface area contributed by atoms with Gasteiger partial charge in [-0.15, -0.1) is 0 Å². The Morgan fingerprint density at radius 2 is 1.61 bits per heavy atom. The number of nitrogens with zero attached hydrogens (tertiary/aromatic N) is 2. The van der Waals surface area contributed by atoms with Crippen LogP contribution in [0.5, 0.6) is 0 Å². The Balaban J connectivity index is 2.20. The molecule has 1 rings (SSSR count). The largest absolute Gasteiger partial charge is 0.449 e. The molecule has 0 saturated carbocycles. The third kappa shape index (κ3) is 8.40. The number of aromatic nitrogens is 1. The molecule has 4 N–H and O–H groups in total. The molecule has 126 valence electrons. The summed E-state index contributed by atoms with van der Waals surface area (Å²) < 4.78 is 5.02. The first kappa shape index (κ1) is 18.4. The van der Waals surface area contributed by atoms with Gasteiger partial charge in [0, 0.05) is 12.4 Å². The molecule has 23 heavy (non-hydrogen) atoms. The highest BCUT2D eigenvalue weighted by Crippen LogP contribution is 2.06. The Morgan fingerprint density at radius 1 is 1.00 bits per heavy atom. The second-order valence-electron chi connectivity index (χ2n) is 5.07. The normalized spacial score (nSPS) is 10.1. The molecular weight excluding hydrogens is 300 g/mol. The SMILES string of the molecule is NC(=O)CN(CC(N)=O)C(=O)OCCCCCc1ccncc1. The third-order valence-electron chi connectivity index (χ3n) is 3.04. The number of hydrogen-bond donors (Lipinski definition) is 2. The van der Waals surface area contributed by atoms with E-state index in [-0.39, 0.29) is 6.61 Å². The van der Waals surface area contributed by atoms with Crippen LogP contribution in [0.3, 0.4) is 0 Å². The molecule has 0 radical (unpaired) electrons. The van der Waals surface area contributed by atoms with E-state index in [0.29, 0.717) is 6.42 Å². The fraction of sp³-hybridized carbons (Fsp3) is 0.467. The molecule has 0 aromatic carbocycles. The van der Waals surface area contributed by atoms with Crippen molar-refractivity contribution in [2.75, 3.05) is 19.7 Å². The Hall–Kier alpha value is -2.64. The van der Waals surface area contributed by atoms with Crippen molar-refractivity contribution in [2.45, 2.75) is 25.7 Å². The number of hydrogen-bond acceptors (Lipinski definition) is 5. The van der Waals surface area contributed by atoms with E-state index in [1.165, 1.54) is 5.56 Å². The van der Waals surface area contributed by atoms with Crippen LogP contribution in [0, 0.1) is 0 Å². The second kappa shape index (κ2) is 10.1. The van der Waals surface area contributed by atoms with Crippen LogP contribution in [0.1, 0.15) is 24.8 Å². The summed E-state index contributed by atoms with van der Waals surface area (Å²) in [7, 11) is 0. The number of rotatable bonds is 10. The van der Waals surface area contributed by atoms with Gasteiger partial charge in [-0.3, -0.25) is 19.5 Å². The smallest absolute Gasteiger partial charge is 0.410 e. The molecular formula is C15H22N4O4. The summed E-state index contributed by atoms with van der Waals surface area (Å²) >= 11 is 0. The summed E-state index contributed by atoms with van der Waals surface area (Å²) in [6, 6.07) is 3.93. The highest BCUT2D eigenvalue weighted by Gasteiger charge is 2.19. The number of aryl methyl sites for hydroxylation is 1. The van der Waals surface area contributed by atoms with Gasteiger partial charge in [0.2, 0.25) is 11.8 Å². The molecule has 0 fully saturated rings. The lowest BCUT2D eigenvalue weighted by molar-refractivity contribution is -0.121. The molecule has 1 heterocycles. The molecule has 0 aliphatic heterocycles. The monoisotopic (exact) mass is 322 g/mol. The van der Waals surface area contributed by atoms with Gasteiger partial charge in [0.1, 0.15) is 13.1 Å². The van der Waals surface area contributed by atoms with Crippen molar-refractivity contribution in [3.63, 3.8) is 0 Å². The van der Waals surface area contributed by atoms with E-state index >= 15 is 0 Å². The summed E-state index contributed by atoms with van der Waals surface area (Å²) in [5.41, 5.74) is 11.2. The van der Waals surface area contributed by atoms with Crippen molar-refractivity contribution in [2.24, 2.45) is 11.5 Å². The van der Waals surface area contributed by atoms with Crippen LogP contribution >= 0.6 is 0 Å². The van der Waals surface area contributed by atoms with Gasteiger partial charge in [-0.25, -0.2) is 4.79 Å². The topological polar surface area (TPSA) is 129 Å². The van der Waals surface area contributed by atoms with Gasteiger partial charge in [-0.05, 0) is 43.4 Å². The molecule has 3 amide bonds. The summed E-state index contributed by atoms with van der Waals surface area (Å²) in [5, 5.41) is 0. The minimum Gasteiger partial charge on any atom is -0.449 e. The maximum Gasteiger partial charge on any atom is 0.410 e. The summed E-state index contributed by atoms with van der Waals surface area (Å²) in [5.74, 6) is -1.47. The van der Waals surface area contributed by atoms with Gasteiger partial charge in [0.15, 0.2) is 0 Å². The number of nitrogens with two attached hydrogens (primary N) is 2. The second-order valence-corrected chi connectivity index (χ2v) is 5.07. The first-order valence-electron chi connectivity index (χ1n) is 7.36. The van der Waals surface area contributed by atoms with E-state index in [2.05, 4.69) is 4.98 Å². The van der Waals surface area contributed by atoms with Crippen LogP contribution in [-0.2, 0) is 20.7 Å². The van der Waals surface area contributed by atoms with E-state index in [9.17, 15) is 14.4 Å². The molecule has 8 nitrogen and oxygen atoms in total. The van der Waals surface area contributed by atoms with E-state index in [1.807, 2.05) is 12.1 Å². The minimum absolute atomic E-state index is 0.212. The van der Waals surface area contributed by atoms with Gasteiger partial charge in [0.05, 0.1) is 6.61 Å². The van der Waals surface area contributed by atoms with Crippen molar-refractivity contribution >= 4 is 17.9 Å². The molecule has 0 aliphatic carbocycles. The summed E-state index contributed by atoms with van der Waals surface area (Å²) in [6.07, 6.45) is 6.22. The van der Waals surface area contributed by atoms with Crippen LogP contribution in [-0.4, -0.2) is 47.5 Å². The molecule has 0 aliphatic rings. The van der Waals surface area contributed by atoms with Gasteiger partial charge < -0.3 is 16.2 Å². The lowest BCUT2D eigenvalue weighted by Gasteiger charge is -2.18. The van der Waals surface area contributed by atoms with E-state index in [4.69, 9.17) is 16.2 Å². The van der Waals surface area contributed by atoms with Crippen molar-refractivity contribution in [3.05, 3.63) is 30.1 Å². The van der Waals surface area contributed by atoms with Crippen molar-refractivity contribution in [3.8, 4) is 0 Å². The fourth-order valence-corrected chi connectivity index (χ4v) is 1.97. The lowest BCUT2D eigenvalue weighted by atomic mass is 10.1. The molecule has 0 saturated heterocycles. The third-order valence-corrected chi connectivity index (χ3v) is 3.04. The highest BCUT2D eigenvalue weighted by atomic mass is 16.6. The predicted octanol–water partition coefficient (Wildman–Crippen LogP) is 0.204. The Labute approximate surface area is 134 Å². The number of carbonyl (C=O) groups excluding carboxylic acids is 3. The van der Waals surface area contributed by atoms with Crippen LogP contribution in [0.25, 0.3) is 0 Å². The standard InChI is InChI=1S/C15H22N4O4/c16-13(20)10-19(11-14(17)21)15(22)23-9-3-1-2-4-12-5-7-18-8-6-12/h5-8H,1-4,9-11H2,(H2,16,20)(H2,17,21). The molecule has 1 aromatic heterocycles. The van der Waals surface area contributed by atoms with Crippen LogP contribution in [0.2, 0.25) is 0 Å². The van der Waals surface area contributed by atoms with Crippen LogP contribution in [0.4, 0.5) is 4.79 Å². The van der Waals surface area contributed by atoms with Crippen LogP contribution < -0.4 is 11.5 Å². The predicted molar refractivity (Wildman–Crippen MR) is 83.1 cm³/mol. The van der Waals surface area contributed by atoms with E-state index < -0.39 is 31.0 Å². The van der Waals surface area contributed by atoms with Crippen molar-refractivity contribution in [1.82, 2.24) is 9.88 Å². The zero-order chi connectivity index (χ0) is 17.1. The zero-order valence-corrected chi connectivity index (χ0v) is 12.9. The number of ether oxygens (including phenoxy) is 1. The molecule has 0 bridgehead atoms. The van der Waals surface area contributed by atoms with E-state index in [1.54, 1.807) is 12.4 Å². The lowest BCUT2D eigenvalue weighted by Crippen LogP contribution is -2.43. The molecule has 0 unspecified atom stereocenters. The van der Waals surface area contributed by atoms with Crippen molar-refractivity contribution < 1.29 is 19.1 Å². The Kier molecular flexibility index (Phi) is 8.12. The average molecular weight is 322 g/mol. The minimum atomic E-state index is -0.767. The quantitative estimate of drug-likeness (QED) is 0.595. The molecule has 0 spiro atoms. The Morgan fingerprint density at radius 3 is 2.17 bits per heavy atom. The number of primary amides is 2. The molecule has 8 heteroatoms. The Bertz CT molecular complexity index is 505. The maximum absolute atomic E-state index is 11.7. The number of amides is 3. The maximum atomic E-state index is 11.7. The van der Waals surface area contributed by atoms with E-state index in [0.717, 1.165) is 24.2 Å². The van der Waals surface area contributed by atoms with Gasteiger partial charge in [-0.1, -0.05) is 0 Å². The summed E-state index contributed by atoms with van der Waals surface area (Å²) in [4.78, 5) is 38.3. The van der Waals surface area contributed by atoms with Crippen molar-refractivity contribution in [1.29, 1.82) is 0 Å². The van der Waals surface area contributed by atoms with Crippen LogP contribution in [0.15, 0.2) is 24.5 Å². The number of unbranched alkanes of at least 4 members (excludes halogenated alkanes) is 2. The first-order valence-corrected chi connectivity index (χ1v) is 7.36. The average Bonchev–Trinajstić information content (AvgIpc) is 2.50. The number of carbonyl (C=O) groups is 3. The highest BCUT2D eigenvalue weighted by molar-refractivity contribution is 5.85.